The minimum absolute atomic E-state index is 0.0655. The van der Waals surface area contributed by atoms with Crippen LogP contribution in [0.15, 0.2) is 23.0 Å². The lowest BCUT2D eigenvalue weighted by atomic mass is 10.1. The molecule has 0 bridgehead atoms. The van der Waals surface area contributed by atoms with Crippen LogP contribution in [0.25, 0.3) is 10.9 Å². The number of halogens is 3. The van der Waals surface area contributed by atoms with Crippen molar-refractivity contribution in [2.75, 3.05) is 18.5 Å². The number of anilines is 1. The Labute approximate surface area is 105 Å². The number of aromatic nitrogens is 1. The minimum atomic E-state index is -4.60. The van der Waals surface area contributed by atoms with Crippen LogP contribution in [0.1, 0.15) is 5.56 Å². The Kier molecular flexibility index (Phi) is 2.44. The van der Waals surface area contributed by atoms with E-state index in [2.05, 4.69) is 10.3 Å². The lowest BCUT2D eigenvalue weighted by Crippen LogP contribution is -2.20. The Morgan fingerprint density at radius 1 is 1.26 bits per heavy atom. The molecule has 1 aromatic carbocycles. The van der Waals surface area contributed by atoms with Gasteiger partial charge in [-0.3, -0.25) is 4.79 Å². The van der Waals surface area contributed by atoms with Crippen LogP contribution in [0.3, 0.4) is 0 Å². The third kappa shape index (κ3) is 1.91. The highest BCUT2D eigenvalue weighted by Crippen LogP contribution is 2.41. The van der Waals surface area contributed by atoms with Crippen LogP contribution in [0.4, 0.5) is 18.9 Å². The molecule has 0 atom stereocenters. The maximum atomic E-state index is 13.0. The van der Waals surface area contributed by atoms with Crippen molar-refractivity contribution in [2.24, 2.45) is 0 Å². The third-order valence-corrected chi connectivity index (χ3v) is 2.94. The van der Waals surface area contributed by atoms with Gasteiger partial charge in [0.2, 0.25) is 5.56 Å². The average Bonchev–Trinajstić information content (AvgIpc) is 2.36. The molecule has 100 valence electrons. The third-order valence-electron chi connectivity index (χ3n) is 2.94. The van der Waals surface area contributed by atoms with Gasteiger partial charge >= 0.3 is 6.18 Å². The first-order valence-corrected chi connectivity index (χ1v) is 5.61. The maximum Gasteiger partial charge on any atom is 0.417 e. The molecule has 4 nitrogen and oxygen atoms in total. The van der Waals surface area contributed by atoms with Crippen molar-refractivity contribution in [2.45, 2.75) is 6.18 Å². The molecule has 19 heavy (non-hydrogen) atoms. The molecule has 2 heterocycles. The molecule has 0 spiro atoms. The Morgan fingerprint density at radius 2 is 2.05 bits per heavy atom. The van der Waals surface area contributed by atoms with Gasteiger partial charge in [0.15, 0.2) is 0 Å². The highest BCUT2D eigenvalue weighted by molar-refractivity contribution is 5.97. The summed E-state index contributed by atoms with van der Waals surface area (Å²) in [4.78, 5) is 13.7. The molecule has 2 N–H and O–H groups in total. The van der Waals surface area contributed by atoms with E-state index >= 15 is 0 Å². The van der Waals surface area contributed by atoms with Crippen molar-refractivity contribution < 1.29 is 17.9 Å². The zero-order valence-electron chi connectivity index (χ0n) is 9.60. The lowest BCUT2D eigenvalue weighted by Gasteiger charge is -2.22. The van der Waals surface area contributed by atoms with E-state index in [1.54, 1.807) is 6.07 Å². The molecule has 7 heteroatoms. The highest BCUT2D eigenvalue weighted by atomic mass is 19.4. The topological polar surface area (TPSA) is 54.1 Å². The maximum absolute atomic E-state index is 13.0. The van der Waals surface area contributed by atoms with Crippen LogP contribution in [0.5, 0.6) is 5.75 Å². The highest BCUT2D eigenvalue weighted by Gasteiger charge is 2.35. The summed E-state index contributed by atoms with van der Waals surface area (Å²) >= 11 is 0. The first-order valence-electron chi connectivity index (χ1n) is 5.61. The van der Waals surface area contributed by atoms with Gasteiger partial charge in [0, 0.05) is 18.0 Å². The number of pyridine rings is 1. The second-order valence-electron chi connectivity index (χ2n) is 4.18. The normalized spacial score (nSPS) is 14.7. The van der Waals surface area contributed by atoms with E-state index in [1.165, 1.54) is 6.07 Å². The van der Waals surface area contributed by atoms with E-state index in [4.69, 9.17) is 4.74 Å². The van der Waals surface area contributed by atoms with Crippen LogP contribution in [0.2, 0.25) is 0 Å². The second-order valence-corrected chi connectivity index (χ2v) is 4.18. The quantitative estimate of drug-likeness (QED) is 0.772. The largest absolute Gasteiger partial charge is 0.490 e. The SMILES string of the molecule is O=c1cc(C(F)(F)F)c2c3c(ccc2[nH]1)OCCN3. The summed E-state index contributed by atoms with van der Waals surface area (Å²) in [6.45, 7) is 0.811. The van der Waals surface area contributed by atoms with Gasteiger partial charge in [-0.2, -0.15) is 13.2 Å². The number of rotatable bonds is 0. The predicted octanol–water partition coefficient (Wildman–Crippen LogP) is 2.35. The van der Waals surface area contributed by atoms with E-state index in [1.807, 2.05) is 0 Å². The number of H-pyrrole nitrogens is 1. The smallest absolute Gasteiger partial charge is 0.417 e. The number of nitrogens with one attached hydrogen (secondary N) is 2. The summed E-state index contributed by atoms with van der Waals surface area (Å²) in [6, 6.07) is 3.52. The van der Waals surface area contributed by atoms with Crippen molar-refractivity contribution in [1.29, 1.82) is 0 Å². The molecule has 0 radical (unpaired) electrons. The van der Waals surface area contributed by atoms with Crippen LogP contribution in [0, 0.1) is 0 Å². The van der Waals surface area contributed by atoms with Crippen LogP contribution >= 0.6 is 0 Å². The Morgan fingerprint density at radius 3 is 2.79 bits per heavy atom. The van der Waals surface area contributed by atoms with E-state index in [0.717, 1.165) is 0 Å². The monoisotopic (exact) mass is 270 g/mol. The zero-order chi connectivity index (χ0) is 13.6. The minimum Gasteiger partial charge on any atom is -0.490 e. The molecule has 0 saturated carbocycles. The Balaban J connectivity index is 2.44. The molecular weight excluding hydrogens is 261 g/mol. The molecule has 3 rings (SSSR count). The molecule has 0 saturated heterocycles. The summed E-state index contributed by atoms with van der Waals surface area (Å²) in [6.07, 6.45) is -4.60. The average molecular weight is 270 g/mol. The fourth-order valence-corrected chi connectivity index (χ4v) is 2.20. The van der Waals surface area contributed by atoms with Gasteiger partial charge in [0.05, 0.1) is 16.8 Å². The molecule has 1 aliphatic heterocycles. The van der Waals surface area contributed by atoms with Gasteiger partial charge in [0.25, 0.3) is 0 Å². The molecular formula is C12H9F3N2O2. The number of alkyl halides is 3. The van der Waals surface area contributed by atoms with E-state index < -0.39 is 17.3 Å². The lowest BCUT2D eigenvalue weighted by molar-refractivity contribution is -0.136. The van der Waals surface area contributed by atoms with Crippen LogP contribution in [-0.4, -0.2) is 18.1 Å². The molecule has 2 aromatic rings. The number of fused-ring (bicyclic) bond motifs is 3. The second kappa shape index (κ2) is 3.91. The summed E-state index contributed by atoms with van der Waals surface area (Å²) < 4.78 is 44.4. The van der Waals surface area contributed by atoms with Gasteiger partial charge in [-0.05, 0) is 12.1 Å². The zero-order valence-corrected chi connectivity index (χ0v) is 9.60. The van der Waals surface area contributed by atoms with E-state index in [9.17, 15) is 18.0 Å². The first kappa shape index (κ1) is 11.9. The molecule has 0 aliphatic carbocycles. The number of hydrogen-bond acceptors (Lipinski definition) is 3. The first-order chi connectivity index (χ1) is 8.97. The van der Waals surface area contributed by atoms with Crippen LogP contribution < -0.4 is 15.6 Å². The fourth-order valence-electron chi connectivity index (χ4n) is 2.20. The van der Waals surface area contributed by atoms with Crippen LogP contribution in [-0.2, 0) is 6.18 Å². The van der Waals surface area contributed by atoms with E-state index in [0.29, 0.717) is 25.0 Å². The number of hydrogen-bond donors (Lipinski definition) is 2. The number of ether oxygens (including phenoxy) is 1. The summed E-state index contributed by atoms with van der Waals surface area (Å²) in [5.41, 5.74) is -1.33. The summed E-state index contributed by atoms with van der Waals surface area (Å²) in [5, 5.41) is 2.83. The summed E-state index contributed by atoms with van der Waals surface area (Å²) in [7, 11) is 0. The molecule has 1 aliphatic rings. The standard InChI is InChI=1S/C12H9F3N2O2/c13-12(14,15)6-5-9(18)17-7-1-2-8-11(10(6)7)16-3-4-19-8/h1-2,5,16H,3-4H2,(H,17,18). The van der Waals surface area contributed by atoms with Crippen molar-refractivity contribution in [1.82, 2.24) is 4.98 Å². The number of benzene rings is 1. The molecule has 0 unspecified atom stereocenters. The van der Waals surface area contributed by atoms with Gasteiger partial charge in [-0.25, -0.2) is 0 Å². The fraction of sp³-hybridized carbons (Fsp3) is 0.250. The van der Waals surface area contributed by atoms with Gasteiger partial charge in [-0.1, -0.05) is 0 Å². The van der Waals surface area contributed by atoms with Crippen molar-refractivity contribution in [3.8, 4) is 5.75 Å². The van der Waals surface area contributed by atoms with Crippen molar-refractivity contribution in [3.05, 3.63) is 34.1 Å². The molecule has 0 fully saturated rings. The number of aromatic amines is 1. The van der Waals surface area contributed by atoms with Crippen molar-refractivity contribution in [3.63, 3.8) is 0 Å². The van der Waals surface area contributed by atoms with Gasteiger partial charge < -0.3 is 15.0 Å². The van der Waals surface area contributed by atoms with E-state index in [-0.39, 0.29) is 16.6 Å². The molecule has 1 aromatic heterocycles. The predicted molar refractivity (Wildman–Crippen MR) is 63.6 cm³/mol. The summed E-state index contributed by atoms with van der Waals surface area (Å²) in [5.74, 6) is 0.358. The molecule has 0 amide bonds. The Hall–Kier alpha value is -2.18. The van der Waals surface area contributed by atoms with Gasteiger partial charge in [-0.15, -0.1) is 0 Å². The Bertz CT molecular complexity index is 706. The van der Waals surface area contributed by atoms with Crippen molar-refractivity contribution >= 4 is 16.6 Å². The van der Waals surface area contributed by atoms with Gasteiger partial charge in [0.1, 0.15) is 12.4 Å².